The molecule has 1 aliphatic rings. The van der Waals surface area contributed by atoms with Gasteiger partial charge in [0.15, 0.2) is 11.6 Å². The van der Waals surface area contributed by atoms with Crippen LogP contribution in [0.25, 0.3) is 5.69 Å². The van der Waals surface area contributed by atoms with Gasteiger partial charge in [0.2, 0.25) is 0 Å². The maximum absolute atomic E-state index is 11.7. The van der Waals surface area contributed by atoms with Crippen LogP contribution in [0.15, 0.2) is 48.7 Å². The van der Waals surface area contributed by atoms with Gasteiger partial charge in [-0.05, 0) is 24.3 Å². The third-order valence-corrected chi connectivity index (χ3v) is 3.66. The van der Waals surface area contributed by atoms with E-state index in [9.17, 15) is 4.79 Å². The van der Waals surface area contributed by atoms with Crippen LogP contribution in [0, 0.1) is 0 Å². The molecule has 0 saturated carbocycles. The summed E-state index contributed by atoms with van der Waals surface area (Å²) in [4.78, 5) is 22.5. The molecule has 0 amide bonds. The maximum Gasteiger partial charge on any atom is 0.377 e. The number of rotatable bonds is 2. The summed E-state index contributed by atoms with van der Waals surface area (Å²) in [5, 5.41) is 4.26. The van der Waals surface area contributed by atoms with E-state index >= 15 is 0 Å². The van der Waals surface area contributed by atoms with E-state index in [0.29, 0.717) is 12.4 Å². The fraction of sp³-hybridized carbons (Fsp3) is 0.125. The van der Waals surface area contributed by atoms with Crippen molar-refractivity contribution in [1.29, 1.82) is 0 Å². The van der Waals surface area contributed by atoms with Gasteiger partial charge in [-0.2, -0.15) is 0 Å². The number of ether oxygens (including phenoxy) is 1. The summed E-state index contributed by atoms with van der Waals surface area (Å²) >= 11 is 0. The summed E-state index contributed by atoms with van der Waals surface area (Å²) < 4.78 is 6.35. The molecule has 7 nitrogen and oxygen atoms in total. The predicted octanol–water partition coefficient (Wildman–Crippen LogP) is 2.10. The molecule has 3 aromatic rings. The first-order valence-corrected chi connectivity index (χ1v) is 7.10. The molecule has 23 heavy (non-hydrogen) atoms. The molecule has 114 valence electrons. The molecule has 0 radical (unpaired) electrons. The van der Waals surface area contributed by atoms with Gasteiger partial charge in [0.1, 0.15) is 5.69 Å². The van der Waals surface area contributed by atoms with Crippen molar-refractivity contribution in [3.05, 3.63) is 60.3 Å². The van der Waals surface area contributed by atoms with Gasteiger partial charge in [-0.25, -0.2) is 19.4 Å². The Labute approximate surface area is 132 Å². The molecular formula is C16H13N5O2. The zero-order valence-electron chi connectivity index (χ0n) is 12.4. The van der Waals surface area contributed by atoms with Crippen LogP contribution in [0.2, 0.25) is 0 Å². The number of carbonyl (C=O) groups excluding carboxylic acids is 1. The lowest BCUT2D eigenvalue weighted by atomic mass is 10.2. The Bertz CT molecular complexity index is 875. The largest absolute Gasteiger partial charge is 0.463 e. The number of carbonyl (C=O) groups is 1. The van der Waals surface area contributed by atoms with E-state index in [1.54, 1.807) is 10.9 Å². The lowest BCUT2D eigenvalue weighted by Crippen LogP contribution is -2.26. The van der Waals surface area contributed by atoms with Crippen molar-refractivity contribution in [2.75, 3.05) is 12.0 Å². The number of benzene rings is 1. The maximum atomic E-state index is 11.7. The molecule has 1 aromatic carbocycles. The lowest BCUT2D eigenvalue weighted by molar-refractivity contribution is 0.0587. The summed E-state index contributed by atoms with van der Waals surface area (Å²) in [5.74, 6) is 0.929. The number of anilines is 2. The molecule has 4 rings (SSSR count). The van der Waals surface area contributed by atoms with E-state index in [1.165, 1.54) is 7.11 Å². The van der Waals surface area contributed by atoms with Crippen LogP contribution in [-0.4, -0.2) is 32.8 Å². The summed E-state index contributed by atoms with van der Waals surface area (Å²) in [7, 11) is 1.31. The van der Waals surface area contributed by atoms with E-state index in [2.05, 4.69) is 15.1 Å². The number of methoxy groups -OCH3 is 1. The topological polar surface area (TPSA) is 73.1 Å². The van der Waals surface area contributed by atoms with Gasteiger partial charge in [0, 0.05) is 11.9 Å². The Hall–Kier alpha value is -3.22. The molecule has 0 aliphatic carbocycles. The first-order valence-electron chi connectivity index (χ1n) is 7.10. The number of hydrogen-bond acceptors (Lipinski definition) is 6. The van der Waals surface area contributed by atoms with E-state index in [4.69, 9.17) is 4.74 Å². The van der Waals surface area contributed by atoms with Crippen molar-refractivity contribution < 1.29 is 9.53 Å². The van der Waals surface area contributed by atoms with Gasteiger partial charge < -0.3 is 9.64 Å². The third kappa shape index (κ3) is 2.13. The second kappa shape index (κ2) is 5.20. The Morgan fingerprint density at radius 2 is 2.00 bits per heavy atom. The molecule has 3 heterocycles. The van der Waals surface area contributed by atoms with Crippen molar-refractivity contribution >= 4 is 17.5 Å². The highest BCUT2D eigenvalue weighted by molar-refractivity contribution is 5.85. The van der Waals surface area contributed by atoms with E-state index in [1.807, 2.05) is 47.4 Å². The number of fused-ring (bicyclic) bond motifs is 3. The van der Waals surface area contributed by atoms with E-state index < -0.39 is 5.97 Å². The van der Waals surface area contributed by atoms with Gasteiger partial charge in [-0.1, -0.05) is 18.2 Å². The first-order chi connectivity index (χ1) is 11.3. The normalized spacial score (nSPS) is 12.5. The number of para-hydroxylation sites is 1. The Balaban J connectivity index is 1.87. The minimum absolute atomic E-state index is 0.0483. The smallest absolute Gasteiger partial charge is 0.377 e. The van der Waals surface area contributed by atoms with Crippen LogP contribution in [0.5, 0.6) is 0 Å². The summed E-state index contributed by atoms with van der Waals surface area (Å²) in [6, 6.07) is 13.6. The van der Waals surface area contributed by atoms with Crippen molar-refractivity contribution in [3.63, 3.8) is 0 Å². The second-order valence-corrected chi connectivity index (χ2v) is 5.02. The average Bonchev–Trinajstić information content (AvgIpc) is 3.05. The Morgan fingerprint density at radius 1 is 1.17 bits per heavy atom. The highest BCUT2D eigenvalue weighted by atomic mass is 16.5. The average molecular weight is 307 g/mol. The Morgan fingerprint density at radius 3 is 2.78 bits per heavy atom. The summed E-state index contributed by atoms with van der Waals surface area (Å²) in [6.07, 6.45) is 1.73. The highest BCUT2D eigenvalue weighted by Crippen LogP contribution is 2.34. The number of nitrogens with zero attached hydrogens (tertiary/aromatic N) is 5. The molecule has 0 fully saturated rings. The van der Waals surface area contributed by atoms with Crippen molar-refractivity contribution in [3.8, 4) is 5.69 Å². The van der Waals surface area contributed by atoms with E-state index in [0.717, 1.165) is 17.2 Å². The van der Waals surface area contributed by atoms with Crippen molar-refractivity contribution in [2.45, 2.75) is 6.54 Å². The van der Waals surface area contributed by atoms with Crippen molar-refractivity contribution in [1.82, 2.24) is 19.7 Å². The monoisotopic (exact) mass is 307 g/mol. The van der Waals surface area contributed by atoms with Gasteiger partial charge in [-0.3, -0.25) is 0 Å². The molecule has 0 unspecified atom stereocenters. The predicted molar refractivity (Wildman–Crippen MR) is 82.8 cm³/mol. The van der Waals surface area contributed by atoms with Crippen LogP contribution in [0.3, 0.4) is 0 Å². The lowest BCUT2D eigenvalue weighted by Gasteiger charge is -2.29. The molecule has 0 spiro atoms. The summed E-state index contributed by atoms with van der Waals surface area (Å²) in [6.45, 7) is 0.470. The van der Waals surface area contributed by atoms with Gasteiger partial charge in [-0.15, -0.1) is 5.10 Å². The van der Waals surface area contributed by atoms with Gasteiger partial charge in [0.05, 0.1) is 13.7 Å². The zero-order valence-corrected chi connectivity index (χ0v) is 12.4. The molecule has 0 bridgehead atoms. The van der Waals surface area contributed by atoms with Gasteiger partial charge >= 0.3 is 5.97 Å². The second-order valence-electron chi connectivity index (χ2n) is 5.02. The molecule has 0 saturated heterocycles. The van der Waals surface area contributed by atoms with Crippen LogP contribution in [0.1, 0.15) is 16.4 Å². The van der Waals surface area contributed by atoms with Crippen molar-refractivity contribution in [2.24, 2.45) is 0 Å². The first kappa shape index (κ1) is 13.4. The van der Waals surface area contributed by atoms with Crippen LogP contribution in [0.4, 0.5) is 11.5 Å². The quantitative estimate of drug-likeness (QED) is 0.675. The summed E-state index contributed by atoms with van der Waals surface area (Å²) in [5.41, 5.74) is 1.78. The number of aromatic nitrogens is 4. The molecular weight excluding hydrogens is 294 g/mol. The molecule has 7 heteroatoms. The molecule has 1 aliphatic heterocycles. The SMILES string of the molecule is COC(=O)c1nc2n(n1)-c1cccnc1N(c1ccccc1)C2. The number of pyridine rings is 1. The fourth-order valence-electron chi connectivity index (χ4n) is 2.62. The molecule has 2 aromatic heterocycles. The van der Waals surface area contributed by atoms with E-state index in [-0.39, 0.29) is 5.82 Å². The van der Waals surface area contributed by atoms with Crippen LogP contribution >= 0.6 is 0 Å². The standard InChI is InChI=1S/C16H13N5O2/c1-23-16(22)14-18-13-10-20(11-6-3-2-4-7-11)15-12(21(13)19-14)8-5-9-17-15/h2-9H,10H2,1H3. The minimum atomic E-state index is -0.552. The molecule has 0 atom stereocenters. The number of esters is 1. The van der Waals surface area contributed by atoms with Crippen LogP contribution < -0.4 is 4.90 Å². The minimum Gasteiger partial charge on any atom is -0.463 e. The fourth-order valence-corrected chi connectivity index (χ4v) is 2.62. The van der Waals surface area contributed by atoms with Crippen LogP contribution in [-0.2, 0) is 11.3 Å². The highest BCUT2D eigenvalue weighted by Gasteiger charge is 2.28. The third-order valence-electron chi connectivity index (χ3n) is 3.66. The zero-order chi connectivity index (χ0) is 15.8. The van der Waals surface area contributed by atoms with Gasteiger partial charge in [0.25, 0.3) is 5.82 Å². The number of hydrogen-bond donors (Lipinski definition) is 0. The molecule has 0 N–H and O–H groups in total. The Kier molecular flexibility index (Phi) is 3.04.